The van der Waals surface area contributed by atoms with E-state index >= 15 is 0 Å². The van der Waals surface area contributed by atoms with E-state index in [9.17, 15) is 9.59 Å². The molecule has 0 saturated carbocycles. The van der Waals surface area contributed by atoms with Crippen LogP contribution in [0, 0.1) is 0 Å². The number of allylic oxidation sites excluding steroid dienone is 1. The van der Waals surface area contributed by atoms with Crippen molar-refractivity contribution in [3.63, 3.8) is 0 Å². The highest BCUT2D eigenvalue weighted by Gasteiger charge is 2.34. The molecule has 1 aliphatic rings. The van der Waals surface area contributed by atoms with E-state index < -0.39 is 12.0 Å². The van der Waals surface area contributed by atoms with Crippen LogP contribution in [0.2, 0.25) is 5.02 Å². The van der Waals surface area contributed by atoms with Gasteiger partial charge >= 0.3 is 5.97 Å². The van der Waals surface area contributed by atoms with Crippen molar-refractivity contribution in [3.05, 3.63) is 108 Å². The van der Waals surface area contributed by atoms with Gasteiger partial charge < -0.3 is 13.9 Å². The van der Waals surface area contributed by atoms with Gasteiger partial charge in [-0.3, -0.25) is 9.36 Å². The van der Waals surface area contributed by atoms with Gasteiger partial charge in [0.25, 0.3) is 5.56 Å². The Kier molecular flexibility index (Phi) is 6.86. The first-order valence-electron chi connectivity index (χ1n) is 11.6. The maximum absolute atomic E-state index is 13.8. The SMILES string of the molecule is CCOC(=O)C1=C(C)N=c2s/c(=C\c3ccc(-c4cccc(Cl)c4)o3)c(=O)n2[C@@H]1c1ccccc1OC. The van der Waals surface area contributed by atoms with Crippen molar-refractivity contribution in [3.8, 4) is 17.1 Å². The zero-order valence-electron chi connectivity index (χ0n) is 20.4. The number of hydrogen-bond donors (Lipinski definition) is 0. The molecule has 0 radical (unpaired) electrons. The highest BCUT2D eigenvalue weighted by molar-refractivity contribution is 7.07. The van der Waals surface area contributed by atoms with E-state index in [-0.39, 0.29) is 12.2 Å². The summed E-state index contributed by atoms with van der Waals surface area (Å²) in [6.07, 6.45) is 1.68. The molecule has 0 bridgehead atoms. The number of hydrogen-bond acceptors (Lipinski definition) is 7. The maximum Gasteiger partial charge on any atom is 0.338 e. The van der Waals surface area contributed by atoms with Crippen molar-refractivity contribution in [2.45, 2.75) is 19.9 Å². The van der Waals surface area contributed by atoms with Crippen molar-refractivity contribution in [2.75, 3.05) is 13.7 Å². The van der Waals surface area contributed by atoms with Gasteiger partial charge in [0, 0.05) is 22.2 Å². The molecule has 0 unspecified atom stereocenters. The Hall–Kier alpha value is -3.88. The van der Waals surface area contributed by atoms with E-state index in [1.54, 1.807) is 45.2 Å². The zero-order chi connectivity index (χ0) is 26.1. The average molecular weight is 535 g/mol. The van der Waals surface area contributed by atoms with Crippen LogP contribution in [-0.2, 0) is 9.53 Å². The van der Waals surface area contributed by atoms with Gasteiger partial charge in [-0.1, -0.05) is 53.3 Å². The Bertz CT molecular complexity index is 1710. The first kappa shape index (κ1) is 24.8. The number of ether oxygens (including phenoxy) is 2. The quantitative estimate of drug-likeness (QED) is 0.334. The normalized spacial score (nSPS) is 15.4. The molecule has 0 amide bonds. The highest BCUT2D eigenvalue weighted by atomic mass is 35.5. The molecule has 37 heavy (non-hydrogen) atoms. The van der Waals surface area contributed by atoms with E-state index in [4.69, 9.17) is 25.5 Å². The van der Waals surface area contributed by atoms with E-state index in [2.05, 4.69) is 4.99 Å². The third-order valence-corrected chi connectivity index (χ3v) is 7.18. The summed E-state index contributed by atoms with van der Waals surface area (Å²) in [6.45, 7) is 3.68. The van der Waals surface area contributed by atoms with Crippen LogP contribution in [0.4, 0.5) is 0 Å². The van der Waals surface area contributed by atoms with Gasteiger partial charge in [0.05, 0.1) is 29.5 Å². The Balaban J connectivity index is 1.67. The lowest BCUT2D eigenvalue weighted by atomic mass is 9.95. The number of carbonyl (C=O) groups is 1. The standard InChI is InChI=1S/C28H23ClN2O5S/c1-4-35-27(33)24-16(2)30-28-31(25(24)20-10-5-6-11-22(20)34-3)26(32)23(37-28)15-19-12-13-21(36-19)17-8-7-9-18(29)14-17/h5-15,25H,4H2,1-3H3/b23-15-/t25-/m1/s1. The topological polar surface area (TPSA) is 83.0 Å². The molecule has 5 rings (SSSR count). The maximum atomic E-state index is 13.8. The monoisotopic (exact) mass is 534 g/mol. The molecule has 0 fully saturated rings. The minimum Gasteiger partial charge on any atom is -0.496 e. The molecule has 0 saturated heterocycles. The first-order chi connectivity index (χ1) is 17.9. The lowest BCUT2D eigenvalue weighted by Crippen LogP contribution is -2.40. The minimum atomic E-state index is -0.757. The molecule has 2 aromatic heterocycles. The van der Waals surface area contributed by atoms with Crippen LogP contribution < -0.4 is 19.6 Å². The molecule has 0 aliphatic carbocycles. The smallest absolute Gasteiger partial charge is 0.338 e. The number of furan rings is 1. The second-order valence-corrected chi connectivity index (χ2v) is 9.70. The third-order valence-electron chi connectivity index (χ3n) is 5.96. The zero-order valence-corrected chi connectivity index (χ0v) is 21.9. The highest BCUT2D eigenvalue weighted by Crippen LogP contribution is 2.35. The predicted octanol–water partition coefficient (Wildman–Crippen LogP) is 4.72. The number of aromatic nitrogens is 1. The number of para-hydroxylation sites is 1. The van der Waals surface area contributed by atoms with Crippen molar-refractivity contribution in [1.82, 2.24) is 4.57 Å². The van der Waals surface area contributed by atoms with Crippen LogP contribution >= 0.6 is 22.9 Å². The predicted molar refractivity (Wildman–Crippen MR) is 143 cm³/mol. The average Bonchev–Trinajstić information content (AvgIpc) is 3.48. The van der Waals surface area contributed by atoms with Crippen LogP contribution in [0.15, 0.2) is 86.1 Å². The number of carbonyl (C=O) groups excluding carboxylic acids is 1. The van der Waals surface area contributed by atoms with Crippen molar-refractivity contribution < 1.29 is 18.7 Å². The number of nitrogens with zero attached hydrogens (tertiary/aromatic N) is 2. The third kappa shape index (κ3) is 4.65. The lowest BCUT2D eigenvalue weighted by molar-refractivity contribution is -0.139. The Morgan fingerprint density at radius 1 is 1.19 bits per heavy atom. The first-order valence-corrected chi connectivity index (χ1v) is 12.8. The molecule has 7 nitrogen and oxygen atoms in total. The number of fused-ring (bicyclic) bond motifs is 1. The summed E-state index contributed by atoms with van der Waals surface area (Å²) >= 11 is 7.34. The Labute approximate surface area is 221 Å². The Morgan fingerprint density at radius 3 is 2.76 bits per heavy atom. The summed E-state index contributed by atoms with van der Waals surface area (Å²) in [7, 11) is 1.55. The molecular weight excluding hydrogens is 512 g/mol. The molecule has 9 heteroatoms. The number of benzene rings is 2. The van der Waals surface area contributed by atoms with E-state index in [1.807, 2.05) is 42.5 Å². The molecule has 0 N–H and O–H groups in total. The van der Waals surface area contributed by atoms with Gasteiger partial charge in [-0.2, -0.15) is 0 Å². The van der Waals surface area contributed by atoms with Crippen molar-refractivity contribution in [1.29, 1.82) is 0 Å². The van der Waals surface area contributed by atoms with Crippen molar-refractivity contribution in [2.24, 2.45) is 4.99 Å². The number of methoxy groups -OCH3 is 1. The molecular formula is C28H23ClN2O5S. The van der Waals surface area contributed by atoms with Crippen LogP contribution in [0.3, 0.4) is 0 Å². The minimum absolute atomic E-state index is 0.201. The summed E-state index contributed by atoms with van der Waals surface area (Å²) in [5, 5.41) is 0.605. The van der Waals surface area contributed by atoms with Crippen LogP contribution in [0.1, 0.15) is 31.2 Å². The van der Waals surface area contributed by atoms with Gasteiger partial charge in [0.2, 0.25) is 0 Å². The van der Waals surface area contributed by atoms with Gasteiger partial charge in [0.1, 0.15) is 23.3 Å². The van der Waals surface area contributed by atoms with Gasteiger partial charge in [-0.15, -0.1) is 0 Å². The molecule has 2 aromatic carbocycles. The second-order valence-electron chi connectivity index (χ2n) is 8.26. The summed E-state index contributed by atoms with van der Waals surface area (Å²) in [6, 6.07) is 17.5. The molecule has 1 aliphatic heterocycles. The molecule has 3 heterocycles. The number of esters is 1. The fourth-order valence-electron chi connectivity index (χ4n) is 4.33. The van der Waals surface area contributed by atoms with E-state index in [0.717, 1.165) is 5.56 Å². The second kappa shape index (κ2) is 10.2. The van der Waals surface area contributed by atoms with Crippen LogP contribution in [-0.4, -0.2) is 24.3 Å². The molecule has 1 atom stereocenters. The number of halogens is 1. The summed E-state index contributed by atoms with van der Waals surface area (Å²) in [4.78, 5) is 31.9. The number of rotatable bonds is 6. The van der Waals surface area contributed by atoms with Gasteiger partial charge in [-0.25, -0.2) is 9.79 Å². The van der Waals surface area contributed by atoms with Crippen LogP contribution in [0.5, 0.6) is 5.75 Å². The van der Waals surface area contributed by atoms with E-state index in [0.29, 0.717) is 48.5 Å². The largest absolute Gasteiger partial charge is 0.496 e. The molecule has 0 spiro atoms. The molecule has 4 aromatic rings. The lowest BCUT2D eigenvalue weighted by Gasteiger charge is -2.25. The summed E-state index contributed by atoms with van der Waals surface area (Å²) in [5.74, 6) is 1.17. The summed E-state index contributed by atoms with van der Waals surface area (Å²) < 4.78 is 18.9. The van der Waals surface area contributed by atoms with Crippen LogP contribution in [0.25, 0.3) is 17.4 Å². The molecule has 188 valence electrons. The van der Waals surface area contributed by atoms with Gasteiger partial charge in [-0.05, 0) is 44.2 Å². The van der Waals surface area contributed by atoms with Gasteiger partial charge in [0.15, 0.2) is 4.80 Å². The van der Waals surface area contributed by atoms with Crippen molar-refractivity contribution >= 4 is 35.0 Å². The summed E-state index contributed by atoms with van der Waals surface area (Å²) in [5.41, 5.74) is 1.99. The number of thiazole rings is 1. The Morgan fingerprint density at radius 2 is 2.00 bits per heavy atom. The fourth-order valence-corrected chi connectivity index (χ4v) is 5.55. The fraction of sp³-hybridized carbons (Fsp3) is 0.179. The van der Waals surface area contributed by atoms with E-state index in [1.165, 1.54) is 15.9 Å².